The van der Waals surface area contributed by atoms with Crippen LogP contribution in [0.5, 0.6) is 5.75 Å². The number of halogens is 4. The Kier molecular flexibility index (Phi) is 5.76. The topological polar surface area (TPSA) is 56.1 Å². The van der Waals surface area contributed by atoms with Gasteiger partial charge in [-0.15, -0.1) is 0 Å². The smallest absolute Gasteiger partial charge is 0.471 e. The first-order chi connectivity index (χ1) is 13.7. The fraction of sp³-hybridized carbons (Fsp3) is 0.300. The minimum absolute atomic E-state index is 0.349. The molecule has 1 amide bonds. The van der Waals surface area contributed by atoms with Gasteiger partial charge in [0.15, 0.2) is 0 Å². The first kappa shape index (κ1) is 20.6. The lowest BCUT2D eigenvalue weighted by atomic mass is 10.1. The molecule has 0 fully saturated rings. The second kappa shape index (κ2) is 8.10. The molecule has 0 saturated heterocycles. The molecule has 0 aliphatic rings. The van der Waals surface area contributed by atoms with Crippen LogP contribution in [-0.2, 0) is 4.79 Å². The summed E-state index contributed by atoms with van der Waals surface area (Å²) in [6, 6.07) is 10.2. The molecule has 0 radical (unpaired) electrons. The summed E-state index contributed by atoms with van der Waals surface area (Å²) in [5, 5.41) is 6.96. The maximum atomic E-state index is 13.1. The molecule has 3 aromatic rings. The summed E-state index contributed by atoms with van der Waals surface area (Å²) < 4.78 is 58.0. The zero-order valence-corrected chi connectivity index (χ0v) is 15.7. The molecular formula is C20H19F4N3O2. The van der Waals surface area contributed by atoms with Crippen LogP contribution < -0.4 is 10.1 Å². The van der Waals surface area contributed by atoms with Crippen LogP contribution >= 0.6 is 0 Å². The number of hydrogen-bond donors (Lipinski definition) is 1. The Labute approximate surface area is 164 Å². The molecule has 2 aromatic carbocycles. The van der Waals surface area contributed by atoms with Gasteiger partial charge in [-0.05, 0) is 55.8 Å². The molecule has 0 bridgehead atoms. The number of alkyl halides is 3. The Morgan fingerprint density at radius 1 is 1.21 bits per heavy atom. The van der Waals surface area contributed by atoms with E-state index in [9.17, 15) is 22.4 Å². The molecule has 0 aliphatic heterocycles. The zero-order chi connectivity index (χ0) is 21.2. The molecule has 29 heavy (non-hydrogen) atoms. The highest BCUT2D eigenvalue weighted by molar-refractivity contribution is 5.82. The number of rotatable bonds is 6. The summed E-state index contributed by atoms with van der Waals surface area (Å²) in [7, 11) is 0. The normalized spacial score (nSPS) is 13.9. The number of fused-ring (bicyclic) bond motifs is 1. The number of carbonyl (C=O) groups is 1. The number of nitrogens with zero attached hydrogens (tertiary/aromatic N) is 2. The van der Waals surface area contributed by atoms with Crippen molar-refractivity contribution in [3.63, 3.8) is 0 Å². The zero-order valence-electron chi connectivity index (χ0n) is 15.7. The van der Waals surface area contributed by atoms with Gasteiger partial charge in [0.25, 0.3) is 0 Å². The third-order valence-electron chi connectivity index (χ3n) is 4.47. The third kappa shape index (κ3) is 4.67. The van der Waals surface area contributed by atoms with Crippen LogP contribution in [0.15, 0.2) is 48.7 Å². The van der Waals surface area contributed by atoms with Crippen molar-refractivity contribution in [3.05, 3.63) is 54.5 Å². The van der Waals surface area contributed by atoms with E-state index in [1.807, 2.05) is 5.32 Å². The Morgan fingerprint density at radius 3 is 2.52 bits per heavy atom. The standard InChI is InChI=1S/C20H19F4N3O2/c1-3-18(12(2)26-19(28)20(22,23)24)29-16-8-9-17-13(10-16)11-25-27(17)15-6-4-14(21)5-7-15/h4-12,18H,3H2,1-2H3,(H,26,28). The minimum Gasteiger partial charge on any atom is -0.488 e. The number of nitrogens with one attached hydrogen (secondary N) is 1. The van der Waals surface area contributed by atoms with E-state index in [2.05, 4.69) is 5.10 Å². The molecule has 1 N–H and O–H groups in total. The van der Waals surface area contributed by atoms with Gasteiger partial charge in [0.1, 0.15) is 17.7 Å². The number of carbonyl (C=O) groups excluding carboxylic acids is 1. The van der Waals surface area contributed by atoms with Gasteiger partial charge < -0.3 is 10.1 Å². The van der Waals surface area contributed by atoms with Crippen molar-refractivity contribution < 1.29 is 27.1 Å². The highest BCUT2D eigenvalue weighted by Gasteiger charge is 2.40. The van der Waals surface area contributed by atoms with E-state index in [0.717, 1.165) is 10.9 Å². The molecule has 3 rings (SSSR count). The molecule has 0 saturated carbocycles. The Balaban J connectivity index is 1.78. The SMILES string of the molecule is CCC(Oc1ccc2c(cnn2-c2ccc(F)cc2)c1)C(C)NC(=O)C(F)(F)F. The van der Waals surface area contributed by atoms with Crippen LogP contribution in [0.2, 0.25) is 0 Å². The Hall–Kier alpha value is -3.10. The summed E-state index contributed by atoms with van der Waals surface area (Å²) in [5.41, 5.74) is 1.44. The van der Waals surface area contributed by atoms with Gasteiger partial charge in [0, 0.05) is 5.39 Å². The highest BCUT2D eigenvalue weighted by atomic mass is 19.4. The first-order valence-corrected chi connectivity index (χ1v) is 8.97. The molecule has 1 aromatic heterocycles. The molecule has 5 nitrogen and oxygen atoms in total. The van der Waals surface area contributed by atoms with Crippen molar-refractivity contribution in [1.82, 2.24) is 15.1 Å². The van der Waals surface area contributed by atoms with Crippen molar-refractivity contribution in [1.29, 1.82) is 0 Å². The summed E-state index contributed by atoms with van der Waals surface area (Å²) in [5.74, 6) is -1.91. The molecule has 154 valence electrons. The molecule has 2 unspecified atom stereocenters. The average Bonchev–Trinajstić information content (AvgIpc) is 3.09. The predicted octanol–water partition coefficient (Wildman–Crippen LogP) is 4.39. The number of benzene rings is 2. The highest BCUT2D eigenvalue weighted by Crippen LogP contribution is 2.25. The van der Waals surface area contributed by atoms with Gasteiger partial charge in [0.2, 0.25) is 0 Å². The van der Waals surface area contributed by atoms with Gasteiger partial charge in [0.05, 0.1) is 23.4 Å². The van der Waals surface area contributed by atoms with Crippen molar-refractivity contribution in [2.24, 2.45) is 0 Å². The molecule has 1 heterocycles. The maximum Gasteiger partial charge on any atom is 0.471 e. The fourth-order valence-electron chi connectivity index (χ4n) is 2.97. The molecule has 0 spiro atoms. The number of amides is 1. The Morgan fingerprint density at radius 2 is 1.90 bits per heavy atom. The quantitative estimate of drug-likeness (QED) is 0.615. The maximum absolute atomic E-state index is 13.1. The van der Waals surface area contributed by atoms with Crippen LogP contribution in [0.1, 0.15) is 20.3 Å². The van der Waals surface area contributed by atoms with Crippen LogP contribution in [0.4, 0.5) is 17.6 Å². The number of ether oxygens (including phenoxy) is 1. The predicted molar refractivity (Wildman–Crippen MR) is 99.4 cm³/mol. The van der Waals surface area contributed by atoms with E-state index < -0.39 is 24.2 Å². The van der Waals surface area contributed by atoms with Gasteiger partial charge >= 0.3 is 12.1 Å². The van der Waals surface area contributed by atoms with Crippen molar-refractivity contribution in [2.75, 3.05) is 0 Å². The van der Waals surface area contributed by atoms with Crippen molar-refractivity contribution in [2.45, 2.75) is 38.6 Å². The summed E-state index contributed by atoms with van der Waals surface area (Å²) >= 11 is 0. The largest absolute Gasteiger partial charge is 0.488 e. The number of aromatic nitrogens is 2. The van der Waals surface area contributed by atoms with Gasteiger partial charge in [-0.2, -0.15) is 18.3 Å². The lowest BCUT2D eigenvalue weighted by Gasteiger charge is -2.25. The van der Waals surface area contributed by atoms with Crippen molar-refractivity contribution in [3.8, 4) is 11.4 Å². The van der Waals surface area contributed by atoms with Gasteiger partial charge in [-0.1, -0.05) is 6.92 Å². The fourth-order valence-corrected chi connectivity index (χ4v) is 2.97. The molecule has 2 atom stereocenters. The first-order valence-electron chi connectivity index (χ1n) is 8.97. The second-order valence-corrected chi connectivity index (χ2v) is 6.58. The van der Waals surface area contributed by atoms with E-state index >= 15 is 0 Å². The van der Waals surface area contributed by atoms with Crippen LogP contribution in [0.3, 0.4) is 0 Å². The van der Waals surface area contributed by atoms with Gasteiger partial charge in [-0.3, -0.25) is 4.79 Å². The van der Waals surface area contributed by atoms with Gasteiger partial charge in [-0.25, -0.2) is 9.07 Å². The summed E-state index contributed by atoms with van der Waals surface area (Å²) in [6.07, 6.45) is -3.58. The average molecular weight is 409 g/mol. The number of hydrogen-bond acceptors (Lipinski definition) is 3. The van der Waals surface area contributed by atoms with E-state index in [4.69, 9.17) is 4.74 Å². The summed E-state index contributed by atoms with van der Waals surface area (Å²) in [6.45, 7) is 3.22. The van der Waals surface area contributed by atoms with Crippen LogP contribution in [-0.4, -0.2) is 34.0 Å². The monoisotopic (exact) mass is 409 g/mol. The second-order valence-electron chi connectivity index (χ2n) is 6.58. The van der Waals surface area contributed by atoms with Crippen molar-refractivity contribution >= 4 is 16.8 Å². The van der Waals surface area contributed by atoms with E-state index in [1.54, 1.807) is 48.1 Å². The van der Waals surface area contributed by atoms with E-state index in [-0.39, 0.29) is 5.82 Å². The van der Waals surface area contributed by atoms with E-state index in [0.29, 0.717) is 17.9 Å². The summed E-state index contributed by atoms with van der Waals surface area (Å²) in [4.78, 5) is 11.2. The Bertz CT molecular complexity index is 999. The third-order valence-corrected chi connectivity index (χ3v) is 4.47. The molecule has 9 heteroatoms. The minimum atomic E-state index is -4.94. The molecular weight excluding hydrogens is 390 g/mol. The van der Waals surface area contributed by atoms with Crippen LogP contribution in [0, 0.1) is 5.82 Å². The lowest BCUT2D eigenvalue weighted by Crippen LogP contribution is -2.48. The van der Waals surface area contributed by atoms with E-state index in [1.165, 1.54) is 19.1 Å². The lowest BCUT2D eigenvalue weighted by molar-refractivity contribution is -0.174. The molecule has 0 aliphatic carbocycles. The van der Waals surface area contributed by atoms with Crippen LogP contribution in [0.25, 0.3) is 16.6 Å².